The second-order valence-electron chi connectivity index (χ2n) is 3.97. The summed E-state index contributed by atoms with van der Waals surface area (Å²) in [5.41, 5.74) is 6.82. The number of nitrogen functional groups attached to an aromatic ring is 1. The van der Waals surface area contributed by atoms with Gasteiger partial charge in [0.05, 0.1) is 17.4 Å². The van der Waals surface area contributed by atoms with Crippen LogP contribution in [0.25, 0.3) is 0 Å². The largest absolute Gasteiger partial charge is 0.397 e. The second-order valence-corrected chi connectivity index (χ2v) is 4.41. The first kappa shape index (κ1) is 13.8. The predicted molar refractivity (Wildman–Crippen MR) is 72.3 cm³/mol. The Labute approximate surface area is 107 Å². The number of nitrogens with two attached hydrogens (primary N) is 1. The molecule has 1 amide bonds. The lowest BCUT2D eigenvalue weighted by Crippen LogP contribution is -2.39. The molecule has 0 heterocycles. The maximum atomic E-state index is 11.9. The maximum absolute atomic E-state index is 11.9. The summed E-state index contributed by atoms with van der Waals surface area (Å²) in [4.78, 5) is 13.9. The van der Waals surface area contributed by atoms with Crippen molar-refractivity contribution in [3.63, 3.8) is 0 Å². The molecule has 0 aromatic heterocycles. The van der Waals surface area contributed by atoms with E-state index in [1.807, 2.05) is 25.8 Å². The number of halogens is 1. The third kappa shape index (κ3) is 3.61. The second kappa shape index (κ2) is 5.89. The normalized spacial score (nSPS) is 12.5. The molecule has 3 N–H and O–H groups in total. The van der Waals surface area contributed by atoms with Gasteiger partial charge in [-0.25, -0.2) is 0 Å². The van der Waals surface area contributed by atoms with E-state index in [0.717, 1.165) is 6.54 Å². The Morgan fingerprint density at radius 3 is 2.82 bits per heavy atom. The van der Waals surface area contributed by atoms with Crippen LogP contribution < -0.4 is 11.1 Å². The van der Waals surface area contributed by atoms with Crippen molar-refractivity contribution in [1.29, 1.82) is 0 Å². The van der Waals surface area contributed by atoms with E-state index < -0.39 is 0 Å². The molecular formula is C12H18ClN3O. The van der Waals surface area contributed by atoms with Crippen LogP contribution >= 0.6 is 11.6 Å². The number of nitrogens with zero attached hydrogens (tertiary/aromatic N) is 1. The molecule has 0 saturated carbocycles. The molecule has 1 atom stereocenters. The Kier molecular flexibility index (Phi) is 4.78. The van der Waals surface area contributed by atoms with Gasteiger partial charge in [-0.3, -0.25) is 9.69 Å². The highest BCUT2D eigenvalue weighted by Gasteiger charge is 2.17. The van der Waals surface area contributed by atoms with Gasteiger partial charge >= 0.3 is 0 Å². The first-order valence-corrected chi connectivity index (χ1v) is 5.89. The first-order valence-electron chi connectivity index (χ1n) is 5.51. The number of carbonyl (C=O) groups is 1. The van der Waals surface area contributed by atoms with Crippen LogP contribution in [0.2, 0.25) is 5.02 Å². The van der Waals surface area contributed by atoms with E-state index in [4.69, 9.17) is 17.3 Å². The molecule has 1 unspecified atom stereocenters. The summed E-state index contributed by atoms with van der Waals surface area (Å²) >= 11 is 5.85. The molecule has 1 aromatic rings. The van der Waals surface area contributed by atoms with Gasteiger partial charge in [-0.05, 0) is 38.7 Å². The van der Waals surface area contributed by atoms with Crippen LogP contribution in [0, 0.1) is 0 Å². The molecule has 0 aliphatic rings. The van der Waals surface area contributed by atoms with Crippen molar-refractivity contribution in [3.05, 3.63) is 23.2 Å². The molecule has 0 saturated heterocycles. The molecule has 4 nitrogen and oxygen atoms in total. The summed E-state index contributed by atoms with van der Waals surface area (Å²) in [5, 5.41) is 3.32. The lowest BCUT2D eigenvalue weighted by Gasteiger charge is -2.22. The van der Waals surface area contributed by atoms with Gasteiger partial charge in [0, 0.05) is 5.02 Å². The Bertz CT molecular complexity index is 409. The highest BCUT2D eigenvalue weighted by atomic mass is 35.5. The average molecular weight is 256 g/mol. The van der Waals surface area contributed by atoms with Gasteiger partial charge in [0.1, 0.15) is 0 Å². The van der Waals surface area contributed by atoms with E-state index in [0.29, 0.717) is 16.4 Å². The third-order valence-corrected chi connectivity index (χ3v) is 3.05. The fourth-order valence-corrected chi connectivity index (χ4v) is 1.52. The zero-order chi connectivity index (χ0) is 13.0. The summed E-state index contributed by atoms with van der Waals surface area (Å²) in [7, 11) is 1.89. The minimum atomic E-state index is -0.210. The van der Waals surface area contributed by atoms with Crippen LogP contribution in [0.3, 0.4) is 0 Å². The Balaban J connectivity index is 2.77. The zero-order valence-corrected chi connectivity index (χ0v) is 11.1. The van der Waals surface area contributed by atoms with Crippen LogP contribution in [-0.4, -0.2) is 30.4 Å². The molecule has 0 bridgehead atoms. The fraction of sp³-hybridized carbons (Fsp3) is 0.417. The van der Waals surface area contributed by atoms with E-state index >= 15 is 0 Å². The minimum Gasteiger partial charge on any atom is -0.397 e. The van der Waals surface area contributed by atoms with Crippen molar-refractivity contribution in [2.45, 2.75) is 19.9 Å². The number of carbonyl (C=O) groups excluding carboxylic acids is 1. The van der Waals surface area contributed by atoms with Gasteiger partial charge in [-0.1, -0.05) is 18.5 Å². The Morgan fingerprint density at radius 1 is 1.59 bits per heavy atom. The van der Waals surface area contributed by atoms with Crippen LogP contribution in [0.4, 0.5) is 11.4 Å². The number of amides is 1. The number of hydrogen-bond acceptors (Lipinski definition) is 3. The monoisotopic (exact) mass is 255 g/mol. The number of nitrogens with one attached hydrogen (secondary N) is 1. The van der Waals surface area contributed by atoms with Crippen LogP contribution in [-0.2, 0) is 4.79 Å². The van der Waals surface area contributed by atoms with E-state index in [2.05, 4.69) is 5.32 Å². The number of anilines is 2. The molecule has 0 aliphatic heterocycles. The van der Waals surface area contributed by atoms with Gasteiger partial charge in [0.2, 0.25) is 5.91 Å². The first-order chi connectivity index (χ1) is 7.95. The van der Waals surface area contributed by atoms with Crippen LogP contribution in [0.5, 0.6) is 0 Å². The molecule has 1 rings (SSSR count). The van der Waals surface area contributed by atoms with Crippen molar-refractivity contribution in [2.75, 3.05) is 24.6 Å². The fourth-order valence-electron chi connectivity index (χ4n) is 1.35. The predicted octanol–water partition coefficient (Wildman–Crippen LogP) is 2.20. The number of hydrogen-bond donors (Lipinski definition) is 2. The lowest BCUT2D eigenvalue weighted by atomic mass is 10.2. The SMILES string of the molecule is CCN(C)C(C)C(=O)Nc1cc(Cl)ccc1N. The molecule has 0 fully saturated rings. The molecule has 5 heteroatoms. The van der Waals surface area contributed by atoms with Gasteiger partial charge in [-0.15, -0.1) is 0 Å². The zero-order valence-electron chi connectivity index (χ0n) is 10.3. The molecule has 94 valence electrons. The van der Waals surface area contributed by atoms with E-state index in [-0.39, 0.29) is 11.9 Å². The smallest absolute Gasteiger partial charge is 0.241 e. The van der Waals surface area contributed by atoms with E-state index in [1.54, 1.807) is 18.2 Å². The summed E-state index contributed by atoms with van der Waals surface area (Å²) in [5.74, 6) is -0.0942. The Morgan fingerprint density at radius 2 is 2.24 bits per heavy atom. The molecule has 0 radical (unpaired) electrons. The van der Waals surface area contributed by atoms with Crippen molar-refractivity contribution in [2.24, 2.45) is 0 Å². The standard InChI is InChI=1S/C12H18ClN3O/c1-4-16(3)8(2)12(17)15-11-7-9(13)5-6-10(11)14/h5-8H,4,14H2,1-3H3,(H,15,17). The van der Waals surface area contributed by atoms with E-state index in [9.17, 15) is 4.79 Å². The summed E-state index contributed by atoms with van der Waals surface area (Å²) < 4.78 is 0. The number of benzene rings is 1. The molecule has 17 heavy (non-hydrogen) atoms. The molecule has 0 spiro atoms. The highest BCUT2D eigenvalue weighted by Crippen LogP contribution is 2.23. The van der Waals surface area contributed by atoms with Crippen LogP contribution in [0.1, 0.15) is 13.8 Å². The van der Waals surface area contributed by atoms with Gasteiger partial charge < -0.3 is 11.1 Å². The van der Waals surface area contributed by atoms with Crippen molar-refractivity contribution >= 4 is 28.9 Å². The molecule has 1 aromatic carbocycles. The minimum absolute atomic E-state index is 0.0942. The Hall–Kier alpha value is -1.26. The van der Waals surface area contributed by atoms with Crippen LogP contribution in [0.15, 0.2) is 18.2 Å². The topological polar surface area (TPSA) is 58.4 Å². The summed E-state index contributed by atoms with van der Waals surface area (Å²) in [6, 6.07) is 4.80. The molecular weight excluding hydrogens is 238 g/mol. The lowest BCUT2D eigenvalue weighted by molar-refractivity contribution is -0.120. The van der Waals surface area contributed by atoms with Gasteiger partial charge in [-0.2, -0.15) is 0 Å². The number of rotatable bonds is 4. The van der Waals surface area contributed by atoms with Gasteiger partial charge in [0.15, 0.2) is 0 Å². The maximum Gasteiger partial charge on any atom is 0.241 e. The summed E-state index contributed by atoms with van der Waals surface area (Å²) in [6.45, 7) is 4.65. The third-order valence-electron chi connectivity index (χ3n) is 2.81. The quantitative estimate of drug-likeness (QED) is 0.811. The van der Waals surface area contributed by atoms with Crippen molar-refractivity contribution in [1.82, 2.24) is 4.90 Å². The van der Waals surface area contributed by atoms with Crippen molar-refractivity contribution < 1.29 is 4.79 Å². The summed E-state index contributed by atoms with van der Waals surface area (Å²) in [6.07, 6.45) is 0. The number of likely N-dealkylation sites (N-methyl/N-ethyl adjacent to an activating group) is 1. The van der Waals surface area contributed by atoms with Gasteiger partial charge in [0.25, 0.3) is 0 Å². The average Bonchev–Trinajstić information content (AvgIpc) is 2.31. The van der Waals surface area contributed by atoms with E-state index in [1.165, 1.54) is 0 Å². The van der Waals surface area contributed by atoms with Crippen molar-refractivity contribution in [3.8, 4) is 0 Å². The highest BCUT2D eigenvalue weighted by molar-refractivity contribution is 6.31. The molecule has 0 aliphatic carbocycles.